The Kier molecular flexibility index (Phi) is 12.7. The Morgan fingerprint density at radius 2 is 1.43 bits per heavy atom. The average molecular weight is 746 g/mol. The summed E-state index contributed by atoms with van der Waals surface area (Å²) in [6.45, 7) is -0.0113. The lowest BCUT2D eigenvalue weighted by atomic mass is 9.93. The molecule has 0 aliphatic carbocycles. The smallest absolute Gasteiger partial charge is 0.255 e. The largest absolute Gasteiger partial charge is 0.493 e. The number of aliphatic hydroxyl groups excluding tert-OH is 4. The quantitative estimate of drug-likeness (QED) is 0.0699. The number of carbonyl (C=O) groups excluding carboxylic acids is 1. The number of ether oxygens (including phenoxy) is 3. The van der Waals surface area contributed by atoms with Crippen LogP contribution < -0.4 is 24.8 Å². The summed E-state index contributed by atoms with van der Waals surface area (Å²) in [5.74, 6) is 1.60. The predicted molar refractivity (Wildman–Crippen MR) is 199 cm³/mol. The zero-order valence-corrected chi connectivity index (χ0v) is 30.2. The maximum Gasteiger partial charge on any atom is 0.255 e. The molecule has 0 spiro atoms. The summed E-state index contributed by atoms with van der Waals surface area (Å²) >= 11 is 6.05. The molecule has 0 fully saturated rings. The number of nitrogens with zero attached hydrogens (tertiary/aromatic N) is 1. The number of hydrogen-bond donors (Lipinski definition) is 6. The highest BCUT2D eigenvalue weighted by Crippen LogP contribution is 2.36. The lowest BCUT2D eigenvalue weighted by Crippen LogP contribution is -2.38. The standard InChI is InChI=1S/C40H44ClN3O9/c1-50-36-11-6-24(34-19-37(53-44-34)26-15-27(20-45)32(23-48)28(16-26)21-46)17-38(36)52-13-5-3-2-4-12-51-35-10-7-25(14-29(35)22-47)39-42-33-9-8-30(41)18-31(33)40(49)43-39/h6-11,14-18,37,39,42,45-48H,2-5,12-13,19-23H2,1H3,(H,43,49). The van der Waals surface area contributed by atoms with E-state index >= 15 is 0 Å². The molecule has 12 nitrogen and oxygen atoms in total. The fourth-order valence-electron chi connectivity index (χ4n) is 6.55. The maximum absolute atomic E-state index is 12.7. The fourth-order valence-corrected chi connectivity index (χ4v) is 6.73. The van der Waals surface area contributed by atoms with Crippen molar-refractivity contribution in [2.45, 2.75) is 70.8 Å². The van der Waals surface area contributed by atoms with Crippen LogP contribution in [0.3, 0.4) is 0 Å². The van der Waals surface area contributed by atoms with Crippen molar-refractivity contribution in [1.29, 1.82) is 0 Å². The number of carbonyl (C=O) groups is 1. The molecule has 0 aromatic heterocycles. The van der Waals surface area contributed by atoms with Gasteiger partial charge in [-0.3, -0.25) is 4.79 Å². The van der Waals surface area contributed by atoms with Crippen molar-refractivity contribution < 1.29 is 44.3 Å². The van der Waals surface area contributed by atoms with Crippen LogP contribution in [0.2, 0.25) is 5.02 Å². The van der Waals surface area contributed by atoms with Crippen LogP contribution >= 0.6 is 11.6 Å². The molecule has 6 rings (SSSR count). The number of halogens is 1. The maximum atomic E-state index is 12.7. The van der Waals surface area contributed by atoms with Gasteiger partial charge in [0.05, 0.1) is 58.0 Å². The minimum absolute atomic E-state index is 0.199. The van der Waals surface area contributed by atoms with Crippen LogP contribution in [0.1, 0.15) is 93.7 Å². The number of nitrogens with one attached hydrogen (secondary N) is 2. The number of hydrogen-bond acceptors (Lipinski definition) is 11. The van der Waals surface area contributed by atoms with Gasteiger partial charge in [-0.15, -0.1) is 0 Å². The molecule has 0 saturated carbocycles. The first kappa shape index (κ1) is 37.9. The van der Waals surface area contributed by atoms with Crippen molar-refractivity contribution in [3.05, 3.63) is 116 Å². The molecule has 4 aromatic rings. The molecular weight excluding hydrogens is 702 g/mol. The van der Waals surface area contributed by atoms with E-state index in [1.807, 2.05) is 36.4 Å². The number of unbranched alkanes of at least 4 members (excludes halogenated alkanes) is 3. The van der Waals surface area contributed by atoms with E-state index in [4.69, 9.17) is 30.6 Å². The summed E-state index contributed by atoms with van der Waals surface area (Å²) in [5, 5.41) is 50.4. The molecule has 2 heterocycles. The molecule has 53 heavy (non-hydrogen) atoms. The summed E-state index contributed by atoms with van der Waals surface area (Å²) in [6, 6.07) is 19.8. The van der Waals surface area contributed by atoms with Crippen molar-refractivity contribution >= 4 is 28.9 Å². The van der Waals surface area contributed by atoms with Crippen LogP contribution in [0.15, 0.2) is 71.9 Å². The second-order valence-corrected chi connectivity index (χ2v) is 13.3. The van der Waals surface area contributed by atoms with E-state index < -0.39 is 12.3 Å². The van der Waals surface area contributed by atoms with E-state index in [9.17, 15) is 25.2 Å². The van der Waals surface area contributed by atoms with Gasteiger partial charge in [0.2, 0.25) is 0 Å². The van der Waals surface area contributed by atoms with Crippen LogP contribution in [0.4, 0.5) is 5.69 Å². The third kappa shape index (κ3) is 8.86. The minimum atomic E-state index is -0.455. The Morgan fingerprint density at radius 3 is 2.11 bits per heavy atom. The van der Waals surface area contributed by atoms with E-state index in [1.54, 1.807) is 37.4 Å². The minimum Gasteiger partial charge on any atom is -0.493 e. The van der Waals surface area contributed by atoms with Crippen molar-refractivity contribution in [3.8, 4) is 17.2 Å². The second-order valence-electron chi connectivity index (χ2n) is 12.9. The molecule has 2 unspecified atom stereocenters. The SMILES string of the molecule is COc1ccc(C2=NOC(c3cc(CO)c(CO)c(CO)c3)C2)cc1OCCCCCCOc1ccc(C2NC(=O)c3cc(Cl)ccc3N2)cc1CO. The fraction of sp³-hybridized carbons (Fsp3) is 0.350. The number of oxime groups is 1. The molecule has 1 amide bonds. The van der Waals surface area contributed by atoms with Crippen LogP contribution in [-0.2, 0) is 31.3 Å². The van der Waals surface area contributed by atoms with Gasteiger partial charge in [-0.1, -0.05) is 22.8 Å². The van der Waals surface area contributed by atoms with Gasteiger partial charge in [0.15, 0.2) is 17.6 Å². The first-order chi connectivity index (χ1) is 25.8. The van der Waals surface area contributed by atoms with Gasteiger partial charge in [0.1, 0.15) is 11.9 Å². The van der Waals surface area contributed by atoms with E-state index in [-0.39, 0.29) is 32.3 Å². The summed E-state index contributed by atoms with van der Waals surface area (Å²) in [4.78, 5) is 18.4. The van der Waals surface area contributed by atoms with Crippen molar-refractivity contribution in [3.63, 3.8) is 0 Å². The topological polar surface area (TPSA) is 171 Å². The summed E-state index contributed by atoms with van der Waals surface area (Å²) in [7, 11) is 1.60. The summed E-state index contributed by atoms with van der Waals surface area (Å²) in [6.07, 6.45) is 3.14. The molecule has 2 aliphatic heterocycles. The molecule has 2 aliphatic rings. The molecule has 2 atom stereocenters. The monoisotopic (exact) mass is 745 g/mol. The Balaban J connectivity index is 0.951. The highest BCUT2D eigenvalue weighted by Gasteiger charge is 2.27. The number of benzene rings is 4. The Labute approximate surface area is 312 Å². The molecule has 6 N–H and O–H groups in total. The van der Waals surface area contributed by atoms with Gasteiger partial charge in [-0.2, -0.15) is 0 Å². The Hall–Kier alpha value is -4.85. The zero-order valence-electron chi connectivity index (χ0n) is 29.4. The average Bonchev–Trinajstić information content (AvgIpc) is 3.69. The van der Waals surface area contributed by atoms with E-state index in [2.05, 4.69) is 15.8 Å². The molecule has 0 radical (unpaired) electrons. The van der Waals surface area contributed by atoms with Crippen LogP contribution in [0.25, 0.3) is 0 Å². The number of amides is 1. The molecule has 0 saturated heterocycles. The van der Waals surface area contributed by atoms with E-state index in [0.717, 1.165) is 48.1 Å². The summed E-state index contributed by atoms with van der Waals surface area (Å²) in [5.41, 5.74) is 6.55. The van der Waals surface area contributed by atoms with Gasteiger partial charge < -0.3 is 50.1 Å². The normalized spacial score (nSPS) is 16.3. The van der Waals surface area contributed by atoms with Crippen LogP contribution in [0, 0.1) is 0 Å². The van der Waals surface area contributed by atoms with Gasteiger partial charge in [0.25, 0.3) is 5.91 Å². The molecule has 280 valence electrons. The number of rotatable bonds is 17. The van der Waals surface area contributed by atoms with Crippen LogP contribution in [-0.4, -0.2) is 52.4 Å². The third-order valence-electron chi connectivity index (χ3n) is 9.44. The lowest BCUT2D eigenvalue weighted by molar-refractivity contribution is 0.0853. The molecule has 13 heteroatoms. The number of anilines is 1. The van der Waals surface area contributed by atoms with Crippen molar-refractivity contribution in [2.24, 2.45) is 5.16 Å². The van der Waals surface area contributed by atoms with Gasteiger partial charge in [-0.25, -0.2) is 0 Å². The van der Waals surface area contributed by atoms with Gasteiger partial charge >= 0.3 is 0 Å². The highest BCUT2D eigenvalue weighted by atomic mass is 35.5. The second kappa shape index (κ2) is 17.8. The van der Waals surface area contributed by atoms with Crippen molar-refractivity contribution in [1.82, 2.24) is 5.32 Å². The predicted octanol–water partition coefficient (Wildman–Crippen LogP) is 6.06. The Bertz CT molecular complexity index is 1930. The third-order valence-corrected chi connectivity index (χ3v) is 9.67. The van der Waals surface area contributed by atoms with Gasteiger partial charge in [0, 0.05) is 28.3 Å². The van der Waals surface area contributed by atoms with Gasteiger partial charge in [-0.05, 0) is 114 Å². The number of methoxy groups -OCH3 is 1. The first-order valence-corrected chi connectivity index (χ1v) is 18.0. The van der Waals surface area contributed by atoms with Crippen LogP contribution in [0.5, 0.6) is 17.2 Å². The van der Waals surface area contributed by atoms with E-state index in [0.29, 0.717) is 75.4 Å². The molecule has 0 bridgehead atoms. The molecule has 4 aromatic carbocycles. The number of aliphatic hydroxyl groups is 4. The van der Waals surface area contributed by atoms with Crippen molar-refractivity contribution in [2.75, 3.05) is 25.6 Å². The first-order valence-electron chi connectivity index (χ1n) is 17.6. The van der Waals surface area contributed by atoms with E-state index in [1.165, 1.54) is 0 Å². The zero-order chi connectivity index (χ0) is 37.3. The summed E-state index contributed by atoms with van der Waals surface area (Å²) < 4.78 is 17.7. The number of fused-ring (bicyclic) bond motifs is 1. The Morgan fingerprint density at radius 1 is 0.755 bits per heavy atom. The lowest BCUT2D eigenvalue weighted by Gasteiger charge is -2.28. The molecular formula is C40H44ClN3O9. The highest BCUT2D eigenvalue weighted by molar-refractivity contribution is 6.31.